The standard InChI is InChI=1S/C26H23N3O5S/c30-24(29-15-35-14-23(29)25(31)32)16-9-10-27-17(11-16)12-28-26(33)34-13-22-20-7-3-1-5-18(20)19-6-2-4-8-21(19)22/h1-11,22-23H,12-15H2,(H,28,33)(H,31,32). The van der Waals surface area contributed by atoms with Crippen molar-refractivity contribution in [2.75, 3.05) is 18.2 Å². The number of hydrogen-bond donors (Lipinski definition) is 2. The van der Waals surface area contributed by atoms with Crippen molar-refractivity contribution in [3.05, 3.63) is 89.2 Å². The average Bonchev–Trinajstić information content (AvgIpc) is 3.50. The number of amides is 2. The van der Waals surface area contributed by atoms with Gasteiger partial charge in [-0.2, -0.15) is 0 Å². The fourth-order valence-electron chi connectivity index (χ4n) is 4.53. The van der Waals surface area contributed by atoms with E-state index < -0.39 is 18.1 Å². The maximum Gasteiger partial charge on any atom is 0.407 e. The second-order valence-corrected chi connectivity index (χ2v) is 9.34. The van der Waals surface area contributed by atoms with Gasteiger partial charge in [0.2, 0.25) is 0 Å². The molecule has 1 unspecified atom stereocenters. The van der Waals surface area contributed by atoms with Gasteiger partial charge in [0.15, 0.2) is 0 Å². The average molecular weight is 490 g/mol. The molecule has 0 spiro atoms. The maximum atomic E-state index is 12.8. The van der Waals surface area contributed by atoms with Gasteiger partial charge < -0.3 is 20.1 Å². The Kier molecular flexibility index (Phi) is 6.41. The molecule has 1 aliphatic carbocycles. The molecule has 1 aromatic heterocycles. The van der Waals surface area contributed by atoms with E-state index in [1.807, 2.05) is 24.3 Å². The van der Waals surface area contributed by atoms with Crippen LogP contribution in [0.5, 0.6) is 0 Å². The number of benzene rings is 2. The summed E-state index contributed by atoms with van der Waals surface area (Å²) >= 11 is 1.40. The SMILES string of the molecule is O=C(NCc1cc(C(=O)N2CSCC2C(=O)O)ccn1)OCC1c2ccccc2-c2ccccc21. The number of fused-ring (bicyclic) bond motifs is 3. The highest BCUT2D eigenvalue weighted by molar-refractivity contribution is 7.99. The highest BCUT2D eigenvalue weighted by Crippen LogP contribution is 2.44. The Bertz CT molecular complexity index is 1250. The Balaban J connectivity index is 1.20. The van der Waals surface area contributed by atoms with Gasteiger partial charge in [-0.3, -0.25) is 9.78 Å². The van der Waals surface area contributed by atoms with Gasteiger partial charge in [-0.25, -0.2) is 9.59 Å². The van der Waals surface area contributed by atoms with Gasteiger partial charge in [-0.15, -0.1) is 11.8 Å². The molecule has 0 radical (unpaired) electrons. The minimum atomic E-state index is -1.02. The molecular weight excluding hydrogens is 466 g/mol. The van der Waals surface area contributed by atoms with Crippen LogP contribution in [0.15, 0.2) is 66.9 Å². The molecule has 0 saturated carbocycles. The minimum Gasteiger partial charge on any atom is -0.480 e. The molecule has 8 nitrogen and oxygen atoms in total. The van der Waals surface area contributed by atoms with Gasteiger partial charge in [0, 0.05) is 23.4 Å². The summed E-state index contributed by atoms with van der Waals surface area (Å²) in [5.74, 6) is -0.733. The molecule has 35 heavy (non-hydrogen) atoms. The number of thioether (sulfide) groups is 1. The topological polar surface area (TPSA) is 109 Å². The first-order chi connectivity index (χ1) is 17.0. The lowest BCUT2D eigenvalue weighted by atomic mass is 9.98. The first-order valence-electron chi connectivity index (χ1n) is 11.2. The number of carbonyl (C=O) groups is 3. The van der Waals surface area contributed by atoms with Gasteiger partial charge in [0.25, 0.3) is 5.91 Å². The van der Waals surface area contributed by atoms with E-state index in [4.69, 9.17) is 4.74 Å². The molecule has 3 aromatic rings. The predicted octanol–water partition coefficient (Wildman–Crippen LogP) is 3.72. The van der Waals surface area contributed by atoms with E-state index in [-0.39, 0.29) is 25.0 Å². The van der Waals surface area contributed by atoms with Gasteiger partial charge in [0.1, 0.15) is 12.6 Å². The number of nitrogens with one attached hydrogen (secondary N) is 1. The molecule has 5 rings (SSSR count). The summed E-state index contributed by atoms with van der Waals surface area (Å²) in [5, 5.41) is 12.0. The minimum absolute atomic E-state index is 0.0345. The summed E-state index contributed by atoms with van der Waals surface area (Å²) in [6, 6.07) is 18.5. The van der Waals surface area contributed by atoms with Crippen LogP contribution in [0.25, 0.3) is 11.1 Å². The lowest BCUT2D eigenvalue weighted by molar-refractivity contribution is -0.140. The number of carbonyl (C=O) groups excluding carboxylic acids is 2. The van der Waals surface area contributed by atoms with Crippen LogP contribution in [-0.4, -0.2) is 57.2 Å². The monoisotopic (exact) mass is 489 g/mol. The number of aromatic nitrogens is 1. The molecule has 178 valence electrons. The van der Waals surface area contributed by atoms with Crippen LogP contribution in [0.1, 0.15) is 33.1 Å². The number of ether oxygens (including phenoxy) is 1. The van der Waals surface area contributed by atoms with Crippen molar-refractivity contribution in [2.45, 2.75) is 18.5 Å². The highest BCUT2D eigenvalue weighted by atomic mass is 32.2. The largest absolute Gasteiger partial charge is 0.480 e. The van der Waals surface area contributed by atoms with Gasteiger partial charge in [-0.05, 0) is 34.4 Å². The molecule has 2 N–H and O–H groups in total. The Labute approximate surface area is 206 Å². The van der Waals surface area contributed by atoms with Gasteiger partial charge in [-0.1, -0.05) is 48.5 Å². The Morgan fingerprint density at radius 3 is 2.43 bits per heavy atom. The van der Waals surface area contributed by atoms with Crippen LogP contribution in [-0.2, 0) is 16.1 Å². The number of rotatable bonds is 6. The number of aliphatic carboxylic acids is 1. The molecule has 2 aromatic carbocycles. The second-order valence-electron chi connectivity index (χ2n) is 8.34. The zero-order valence-corrected chi connectivity index (χ0v) is 19.5. The van der Waals surface area contributed by atoms with Crippen molar-refractivity contribution in [2.24, 2.45) is 0 Å². The number of hydrogen-bond acceptors (Lipinski definition) is 6. The number of alkyl carbamates (subject to hydrolysis) is 1. The zero-order chi connectivity index (χ0) is 24.4. The fourth-order valence-corrected chi connectivity index (χ4v) is 5.68. The fraction of sp³-hybridized carbons (Fsp3) is 0.231. The summed E-state index contributed by atoms with van der Waals surface area (Å²) in [6.45, 7) is 0.282. The third-order valence-electron chi connectivity index (χ3n) is 6.25. The Hall–Kier alpha value is -3.85. The number of nitrogens with zero attached hydrogens (tertiary/aromatic N) is 2. The smallest absolute Gasteiger partial charge is 0.407 e. The van der Waals surface area contributed by atoms with Crippen molar-refractivity contribution < 1.29 is 24.2 Å². The van der Waals surface area contributed by atoms with E-state index in [9.17, 15) is 19.5 Å². The molecule has 2 amide bonds. The van der Waals surface area contributed by atoms with Crippen molar-refractivity contribution in [3.63, 3.8) is 0 Å². The van der Waals surface area contributed by atoms with E-state index in [1.54, 1.807) is 12.1 Å². The normalized spacial score (nSPS) is 16.5. The van der Waals surface area contributed by atoms with Crippen molar-refractivity contribution in [3.8, 4) is 11.1 Å². The van der Waals surface area contributed by atoms with Crippen LogP contribution in [0, 0.1) is 0 Å². The molecule has 9 heteroatoms. The van der Waals surface area contributed by atoms with Crippen LogP contribution < -0.4 is 5.32 Å². The molecule has 2 aliphatic rings. The predicted molar refractivity (Wildman–Crippen MR) is 131 cm³/mol. The van der Waals surface area contributed by atoms with E-state index >= 15 is 0 Å². The lowest BCUT2D eigenvalue weighted by Crippen LogP contribution is -2.41. The molecular formula is C26H23N3O5S. The van der Waals surface area contributed by atoms with Gasteiger partial charge >= 0.3 is 12.1 Å². The summed E-state index contributed by atoms with van der Waals surface area (Å²) in [7, 11) is 0. The van der Waals surface area contributed by atoms with Crippen LogP contribution in [0.2, 0.25) is 0 Å². The van der Waals surface area contributed by atoms with Crippen molar-refractivity contribution >= 4 is 29.7 Å². The van der Waals surface area contributed by atoms with Crippen LogP contribution in [0.4, 0.5) is 4.79 Å². The molecule has 1 saturated heterocycles. The van der Waals surface area contributed by atoms with E-state index in [0.717, 1.165) is 22.3 Å². The van der Waals surface area contributed by atoms with E-state index in [0.29, 0.717) is 22.9 Å². The Morgan fingerprint density at radius 1 is 1.06 bits per heavy atom. The molecule has 1 fully saturated rings. The molecule has 0 bridgehead atoms. The third kappa shape index (κ3) is 4.59. The van der Waals surface area contributed by atoms with E-state index in [1.165, 1.54) is 22.9 Å². The quantitative estimate of drug-likeness (QED) is 0.543. The summed E-state index contributed by atoms with van der Waals surface area (Å²) in [4.78, 5) is 42.2. The zero-order valence-electron chi connectivity index (χ0n) is 18.7. The lowest BCUT2D eigenvalue weighted by Gasteiger charge is -2.20. The number of carboxylic acids is 1. The van der Waals surface area contributed by atoms with Crippen molar-refractivity contribution in [1.29, 1.82) is 0 Å². The van der Waals surface area contributed by atoms with Crippen LogP contribution >= 0.6 is 11.8 Å². The molecule has 2 heterocycles. The summed E-state index contributed by atoms with van der Waals surface area (Å²) in [5.41, 5.74) is 5.39. The summed E-state index contributed by atoms with van der Waals surface area (Å²) < 4.78 is 5.54. The van der Waals surface area contributed by atoms with E-state index in [2.05, 4.69) is 34.6 Å². The molecule has 1 aliphatic heterocycles. The maximum absolute atomic E-state index is 12.8. The second kappa shape index (κ2) is 9.79. The Morgan fingerprint density at radius 2 is 1.74 bits per heavy atom. The van der Waals surface area contributed by atoms with Crippen molar-refractivity contribution in [1.82, 2.24) is 15.2 Å². The first-order valence-corrected chi connectivity index (χ1v) is 12.3. The van der Waals surface area contributed by atoms with Crippen LogP contribution in [0.3, 0.4) is 0 Å². The van der Waals surface area contributed by atoms with Gasteiger partial charge in [0.05, 0.1) is 18.1 Å². The number of carboxylic acid groups (broad SMARTS) is 1. The molecule has 1 atom stereocenters. The number of pyridine rings is 1. The first kappa shape index (κ1) is 22.9. The highest BCUT2D eigenvalue weighted by Gasteiger charge is 2.35. The summed E-state index contributed by atoms with van der Waals surface area (Å²) in [6.07, 6.45) is 0.897. The third-order valence-corrected chi connectivity index (χ3v) is 7.26.